The number of methoxy groups -OCH3 is 1. The van der Waals surface area contributed by atoms with Gasteiger partial charge in [-0.05, 0) is 25.1 Å². The molecule has 1 heterocycles. The van der Waals surface area contributed by atoms with E-state index in [1.165, 1.54) is 46.6 Å². The van der Waals surface area contributed by atoms with Crippen LogP contribution in [0.25, 0.3) is 0 Å². The predicted molar refractivity (Wildman–Crippen MR) is 109 cm³/mol. The fourth-order valence-corrected chi connectivity index (χ4v) is 5.50. The summed E-state index contributed by atoms with van der Waals surface area (Å²) >= 11 is 2.81. The van der Waals surface area contributed by atoms with Crippen molar-refractivity contribution in [1.29, 1.82) is 0 Å². The molecule has 0 saturated heterocycles. The van der Waals surface area contributed by atoms with Gasteiger partial charge in [0.1, 0.15) is 5.75 Å². The second kappa shape index (κ2) is 9.54. The van der Waals surface area contributed by atoms with Crippen LogP contribution in [0.2, 0.25) is 0 Å². The molecule has 1 aromatic heterocycles. The maximum Gasteiger partial charge on any atom is 0.243 e. The number of rotatable bonds is 9. The Bertz CT molecular complexity index is 893. The van der Waals surface area contributed by atoms with Crippen molar-refractivity contribution in [2.45, 2.75) is 30.0 Å². The number of thiazole rings is 1. The topological polar surface area (TPSA) is 88.6 Å². The number of thioether (sulfide) groups is 1. The zero-order chi connectivity index (χ0) is 20.0. The van der Waals surface area contributed by atoms with Gasteiger partial charge in [-0.2, -0.15) is 4.31 Å². The van der Waals surface area contributed by atoms with Gasteiger partial charge in [-0.15, -0.1) is 11.3 Å². The van der Waals surface area contributed by atoms with Crippen LogP contribution in [0.4, 0.5) is 5.69 Å². The molecule has 0 spiro atoms. The highest BCUT2D eigenvalue weighted by molar-refractivity contribution is 8.01. The van der Waals surface area contributed by atoms with Gasteiger partial charge in [0.15, 0.2) is 4.34 Å². The molecule has 1 aromatic carbocycles. The summed E-state index contributed by atoms with van der Waals surface area (Å²) in [4.78, 5) is 16.7. The molecule has 0 fully saturated rings. The Morgan fingerprint density at radius 1 is 1.33 bits per heavy atom. The van der Waals surface area contributed by atoms with E-state index in [2.05, 4.69) is 10.3 Å². The van der Waals surface area contributed by atoms with Crippen LogP contribution in [0, 0.1) is 6.92 Å². The van der Waals surface area contributed by atoms with Crippen LogP contribution in [-0.2, 0) is 14.8 Å². The van der Waals surface area contributed by atoms with Crippen molar-refractivity contribution in [3.05, 3.63) is 29.3 Å². The normalized spacial score (nSPS) is 11.6. The van der Waals surface area contributed by atoms with Crippen molar-refractivity contribution in [1.82, 2.24) is 9.29 Å². The van der Waals surface area contributed by atoms with E-state index >= 15 is 0 Å². The van der Waals surface area contributed by atoms with Gasteiger partial charge in [0.25, 0.3) is 0 Å². The molecular weight excluding hydrogens is 406 g/mol. The van der Waals surface area contributed by atoms with E-state index in [1.54, 1.807) is 19.9 Å². The molecule has 1 N–H and O–H groups in total. The number of benzene rings is 1. The van der Waals surface area contributed by atoms with E-state index in [9.17, 15) is 13.2 Å². The Kier molecular flexibility index (Phi) is 7.66. The first-order chi connectivity index (χ1) is 12.8. The van der Waals surface area contributed by atoms with Crippen molar-refractivity contribution in [3.63, 3.8) is 0 Å². The number of ether oxygens (including phenoxy) is 1. The van der Waals surface area contributed by atoms with Crippen LogP contribution in [-0.4, -0.2) is 49.6 Å². The Morgan fingerprint density at radius 2 is 2.04 bits per heavy atom. The standard InChI is InChI=1S/C17H23N3O4S3/c1-5-20(6-2)27(22,23)13-7-8-15(24-4)14(9-13)19-16(21)11-26-17-18-12(3)10-25-17/h7-10H,5-6,11H2,1-4H3,(H,19,21). The minimum atomic E-state index is -3.62. The van der Waals surface area contributed by atoms with Crippen molar-refractivity contribution in [3.8, 4) is 5.75 Å². The van der Waals surface area contributed by atoms with E-state index in [1.807, 2.05) is 12.3 Å². The van der Waals surface area contributed by atoms with E-state index < -0.39 is 10.0 Å². The molecule has 148 valence electrons. The predicted octanol–water partition coefficient (Wildman–Crippen LogP) is 3.22. The van der Waals surface area contributed by atoms with E-state index in [4.69, 9.17) is 4.74 Å². The molecule has 27 heavy (non-hydrogen) atoms. The van der Waals surface area contributed by atoms with Gasteiger partial charge < -0.3 is 10.1 Å². The lowest BCUT2D eigenvalue weighted by molar-refractivity contribution is -0.113. The van der Waals surface area contributed by atoms with E-state index in [0.29, 0.717) is 24.5 Å². The number of carbonyl (C=O) groups excluding carboxylic acids is 1. The number of nitrogens with one attached hydrogen (secondary N) is 1. The summed E-state index contributed by atoms with van der Waals surface area (Å²) in [5.41, 5.74) is 1.24. The summed E-state index contributed by atoms with van der Waals surface area (Å²) in [7, 11) is -2.16. The molecule has 0 unspecified atom stereocenters. The number of aromatic nitrogens is 1. The van der Waals surface area contributed by atoms with Crippen LogP contribution in [0.15, 0.2) is 32.8 Å². The molecule has 10 heteroatoms. The lowest BCUT2D eigenvalue weighted by atomic mass is 10.3. The molecule has 0 atom stereocenters. The number of amides is 1. The molecule has 0 bridgehead atoms. The van der Waals surface area contributed by atoms with Crippen LogP contribution in [0.3, 0.4) is 0 Å². The first-order valence-corrected chi connectivity index (χ1v) is 11.6. The molecule has 1 amide bonds. The molecule has 0 aliphatic carbocycles. The molecular formula is C17H23N3O4S3. The van der Waals surface area contributed by atoms with Crippen LogP contribution in [0.1, 0.15) is 19.5 Å². The first kappa shape index (κ1) is 21.7. The maximum absolute atomic E-state index is 12.7. The number of aryl methyl sites for hydroxylation is 1. The van der Waals surface area contributed by atoms with Gasteiger partial charge in [0, 0.05) is 24.2 Å². The third kappa shape index (κ3) is 5.44. The first-order valence-electron chi connectivity index (χ1n) is 8.34. The summed E-state index contributed by atoms with van der Waals surface area (Å²) in [6.07, 6.45) is 0. The quantitative estimate of drug-likeness (QED) is 0.616. The van der Waals surface area contributed by atoms with Gasteiger partial charge in [0.05, 0.1) is 23.4 Å². The lowest BCUT2D eigenvalue weighted by Crippen LogP contribution is -2.30. The van der Waals surface area contributed by atoms with Crippen LogP contribution >= 0.6 is 23.1 Å². The molecule has 0 saturated carbocycles. The summed E-state index contributed by atoms with van der Waals surface area (Å²) in [5.74, 6) is 0.309. The summed E-state index contributed by atoms with van der Waals surface area (Å²) < 4.78 is 32.8. The van der Waals surface area contributed by atoms with E-state index in [0.717, 1.165) is 10.0 Å². The van der Waals surface area contributed by atoms with Gasteiger partial charge in [-0.25, -0.2) is 13.4 Å². The van der Waals surface area contributed by atoms with Crippen LogP contribution < -0.4 is 10.1 Å². The van der Waals surface area contributed by atoms with Gasteiger partial charge in [0.2, 0.25) is 15.9 Å². The minimum Gasteiger partial charge on any atom is -0.495 e. The summed E-state index contributed by atoms with van der Waals surface area (Å²) in [6.45, 7) is 6.20. The number of nitrogens with zero attached hydrogens (tertiary/aromatic N) is 2. The minimum absolute atomic E-state index is 0.116. The van der Waals surface area contributed by atoms with Crippen molar-refractivity contribution < 1.29 is 17.9 Å². The Balaban J connectivity index is 2.18. The largest absolute Gasteiger partial charge is 0.495 e. The zero-order valence-electron chi connectivity index (χ0n) is 15.7. The Morgan fingerprint density at radius 3 is 2.59 bits per heavy atom. The van der Waals surface area contributed by atoms with E-state index in [-0.39, 0.29) is 16.6 Å². The molecule has 7 nitrogen and oxygen atoms in total. The lowest BCUT2D eigenvalue weighted by Gasteiger charge is -2.19. The maximum atomic E-state index is 12.7. The monoisotopic (exact) mass is 429 g/mol. The van der Waals surface area contributed by atoms with Gasteiger partial charge in [-0.3, -0.25) is 4.79 Å². The molecule has 2 rings (SSSR count). The number of carbonyl (C=O) groups is 1. The number of anilines is 1. The van der Waals surface area contributed by atoms with Gasteiger partial charge in [-0.1, -0.05) is 25.6 Å². The Labute approximate surface area is 168 Å². The fraction of sp³-hybridized carbons (Fsp3) is 0.412. The summed E-state index contributed by atoms with van der Waals surface area (Å²) in [5, 5.41) is 4.66. The van der Waals surface area contributed by atoms with Crippen molar-refractivity contribution >= 4 is 44.7 Å². The second-order valence-electron chi connectivity index (χ2n) is 5.54. The summed E-state index contributed by atoms with van der Waals surface area (Å²) in [6, 6.07) is 4.46. The van der Waals surface area contributed by atoms with Crippen LogP contribution in [0.5, 0.6) is 5.75 Å². The molecule has 0 aliphatic rings. The third-order valence-corrected chi connectivity index (χ3v) is 7.90. The number of hydrogen-bond donors (Lipinski definition) is 1. The van der Waals surface area contributed by atoms with Crippen molar-refractivity contribution in [2.24, 2.45) is 0 Å². The fourth-order valence-electron chi connectivity index (χ4n) is 2.37. The highest BCUT2D eigenvalue weighted by atomic mass is 32.2. The highest BCUT2D eigenvalue weighted by Gasteiger charge is 2.23. The smallest absolute Gasteiger partial charge is 0.243 e. The third-order valence-electron chi connectivity index (χ3n) is 3.71. The number of hydrogen-bond acceptors (Lipinski definition) is 7. The molecule has 0 radical (unpaired) electrons. The second-order valence-corrected chi connectivity index (χ2v) is 9.56. The highest BCUT2D eigenvalue weighted by Crippen LogP contribution is 2.29. The van der Waals surface area contributed by atoms with Gasteiger partial charge >= 0.3 is 0 Å². The average molecular weight is 430 g/mol. The number of sulfonamides is 1. The Hall–Kier alpha value is -1.62. The average Bonchev–Trinajstić information content (AvgIpc) is 3.06. The molecule has 0 aliphatic heterocycles. The zero-order valence-corrected chi connectivity index (χ0v) is 18.1. The van der Waals surface area contributed by atoms with Crippen molar-refractivity contribution in [2.75, 3.05) is 31.3 Å². The molecule has 2 aromatic rings. The SMILES string of the molecule is CCN(CC)S(=O)(=O)c1ccc(OC)c(NC(=O)CSc2nc(C)cs2)c1.